The zero-order valence-electron chi connectivity index (χ0n) is 8.82. The molecule has 0 aromatic heterocycles. The monoisotopic (exact) mass is 166 g/mol. The third kappa shape index (κ3) is 6.24. The summed E-state index contributed by atoms with van der Waals surface area (Å²) < 4.78 is 0. The summed E-state index contributed by atoms with van der Waals surface area (Å²) in [5, 5.41) is 0. The van der Waals surface area contributed by atoms with E-state index in [-0.39, 0.29) is 0 Å². The van der Waals surface area contributed by atoms with E-state index in [4.69, 9.17) is 0 Å². The summed E-state index contributed by atoms with van der Waals surface area (Å²) in [4.78, 5) is 0. The maximum absolute atomic E-state index is 3.30. The van der Waals surface area contributed by atoms with E-state index in [1.807, 2.05) is 13.0 Å². The second-order valence-electron chi connectivity index (χ2n) is 3.20. The van der Waals surface area contributed by atoms with Gasteiger partial charge in [0.25, 0.3) is 0 Å². The van der Waals surface area contributed by atoms with E-state index in [0.29, 0.717) is 0 Å². The van der Waals surface area contributed by atoms with Crippen LogP contribution in [0.1, 0.15) is 59.3 Å². The first kappa shape index (κ1) is 11.5. The summed E-state index contributed by atoms with van der Waals surface area (Å²) in [5.74, 6) is 0. The quantitative estimate of drug-likeness (QED) is 0.403. The highest BCUT2D eigenvalue weighted by atomic mass is 14.0. The molecule has 70 valence electrons. The van der Waals surface area contributed by atoms with Crippen LogP contribution in [0.2, 0.25) is 0 Å². The lowest BCUT2D eigenvalue weighted by Gasteiger charge is -2.00. The molecule has 0 heterocycles. The van der Waals surface area contributed by atoms with Crippen molar-refractivity contribution in [2.45, 2.75) is 59.3 Å². The first-order valence-electron chi connectivity index (χ1n) is 5.24. The molecule has 0 saturated carbocycles. The fraction of sp³-hybridized carbons (Fsp3) is 0.750. The molecule has 0 unspecified atom stereocenters. The van der Waals surface area contributed by atoms with Crippen molar-refractivity contribution in [2.75, 3.05) is 0 Å². The van der Waals surface area contributed by atoms with Crippen molar-refractivity contribution in [3.05, 3.63) is 17.4 Å². The number of hydrogen-bond donors (Lipinski definition) is 0. The van der Waals surface area contributed by atoms with Crippen molar-refractivity contribution >= 4 is 0 Å². The van der Waals surface area contributed by atoms with Crippen LogP contribution < -0.4 is 0 Å². The minimum Gasteiger partial charge on any atom is -0.126 e. The van der Waals surface area contributed by atoms with Crippen LogP contribution in [-0.2, 0) is 0 Å². The SMILES string of the molecule is CC=C=C(CC)CCCCCC. The molecule has 0 radical (unpaired) electrons. The fourth-order valence-corrected chi connectivity index (χ4v) is 1.32. The van der Waals surface area contributed by atoms with Crippen LogP contribution in [-0.4, -0.2) is 0 Å². The molecule has 0 bridgehead atoms. The van der Waals surface area contributed by atoms with Crippen LogP contribution in [0.5, 0.6) is 0 Å². The van der Waals surface area contributed by atoms with E-state index < -0.39 is 0 Å². The number of rotatable bonds is 6. The molecule has 0 amide bonds. The van der Waals surface area contributed by atoms with Gasteiger partial charge in [0.15, 0.2) is 0 Å². The van der Waals surface area contributed by atoms with Gasteiger partial charge in [-0.15, -0.1) is 5.73 Å². The highest BCUT2D eigenvalue weighted by Gasteiger charge is 1.92. The average molecular weight is 166 g/mol. The molecule has 0 aromatic carbocycles. The fourth-order valence-electron chi connectivity index (χ4n) is 1.32. The topological polar surface area (TPSA) is 0 Å². The zero-order chi connectivity index (χ0) is 9.23. The second kappa shape index (κ2) is 8.62. The van der Waals surface area contributed by atoms with E-state index in [2.05, 4.69) is 19.6 Å². The first-order valence-corrected chi connectivity index (χ1v) is 5.24. The third-order valence-electron chi connectivity index (χ3n) is 2.11. The number of hydrogen-bond acceptors (Lipinski definition) is 0. The molecule has 0 atom stereocenters. The standard InChI is InChI=1S/C12H22/c1-4-7-8-9-11-12(6-3)10-5-2/h5H,4,6-9,11H2,1-3H3. The molecule has 0 aliphatic rings. The Morgan fingerprint density at radius 2 is 1.92 bits per heavy atom. The van der Waals surface area contributed by atoms with Gasteiger partial charge in [-0.25, -0.2) is 0 Å². The molecule has 0 heteroatoms. The maximum Gasteiger partial charge on any atom is -0.0244 e. The minimum absolute atomic E-state index is 1.16. The molecular weight excluding hydrogens is 144 g/mol. The van der Waals surface area contributed by atoms with Crippen LogP contribution in [0, 0.1) is 0 Å². The summed E-state index contributed by atoms with van der Waals surface area (Å²) >= 11 is 0. The Kier molecular flexibility index (Phi) is 8.27. The maximum atomic E-state index is 3.30. The minimum atomic E-state index is 1.16. The average Bonchev–Trinajstić information content (AvgIpc) is 2.10. The normalized spacial score (nSPS) is 9.25. The predicted octanol–water partition coefficient (Wildman–Crippen LogP) is 4.47. The van der Waals surface area contributed by atoms with Crippen molar-refractivity contribution < 1.29 is 0 Å². The number of allylic oxidation sites excluding steroid dienone is 1. The van der Waals surface area contributed by atoms with Gasteiger partial charge >= 0.3 is 0 Å². The molecular formula is C12H22. The first-order chi connectivity index (χ1) is 5.85. The Balaban J connectivity index is 3.53. The number of unbranched alkanes of at least 4 members (excludes halogenated alkanes) is 3. The highest BCUT2D eigenvalue weighted by molar-refractivity contribution is 4.99. The summed E-state index contributed by atoms with van der Waals surface area (Å²) in [5.41, 5.74) is 4.78. The summed E-state index contributed by atoms with van der Waals surface area (Å²) in [6.45, 7) is 6.51. The second-order valence-corrected chi connectivity index (χ2v) is 3.20. The van der Waals surface area contributed by atoms with Gasteiger partial charge in [0, 0.05) is 0 Å². The molecule has 0 N–H and O–H groups in total. The molecule has 0 spiro atoms. The van der Waals surface area contributed by atoms with Gasteiger partial charge < -0.3 is 0 Å². The third-order valence-corrected chi connectivity index (χ3v) is 2.11. The van der Waals surface area contributed by atoms with Crippen LogP contribution >= 0.6 is 0 Å². The van der Waals surface area contributed by atoms with Gasteiger partial charge in [-0.1, -0.05) is 33.1 Å². The largest absolute Gasteiger partial charge is 0.126 e. The molecule has 0 saturated heterocycles. The summed E-state index contributed by atoms with van der Waals surface area (Å²) in [7, 11) is 0. The Hall–Kier alpha value is -0.480. The Bertz CT molecular complexity index is 147. The molecule has 0 aromatic rings. The summed E-state index contributed by atoms with van der Waals surface area (Å²) in [6, 6.07) is 0. The van der Waals surface area contributed by atoms with Gasteiger partial charge in [-0.05, 0) is 37.8 Å². The molecule has 0 aliphatic heterocycles. The smallest absolute Gasteiger partial charge is 0.0244 e. The van der Waals surface area contributed by atoms with Gasteiger partial charge in [-0.2, -0.15) is 0 Å². The van der Waals surface area contributed by atoms with Gasteiger partial charge in [0.1, 0.15) is 0 Å². The van der Waals surface area contributed by atoms with Crippen molar-refractivity contribution in [2.24, 2.45) is 0 Å². The molecule has 0 aliphatic carbocycles. The van der Waals surface area contributed by atoms with Crippen molar-refractivity contribution in [1.29, 1.82) is 0 Å². The predicted molar refractivity (Wildman–Crippen MR) is 56.3 cm³/mol. The highest BCUT2D eigenvalue weighted by Crippen LogP contribution is 2.11. The van der Waals surface area contributed by atoms with Crippen LogP contribution in [0.4, 0.5) is 0 Å². The van der Waals surface area contributed by atoms with Gasteiger partial charge in [0.05, 0.1) is 0 Å². The van der Waals surface area contributed by atoms with E-state index in [1.165, 1.54) is 37.7 Å². The Morgan fingerprint density at radius 3 is 2.42 bits per heavy atom. The Morgan fingerprint density at radius 1 is 1.17 bits per heavy atom. The van der Waals surface area contributed by atoms with E-state index in [1.54, 1.807) is 0 Å². The molecule has 0 nitrogen and oxygen atoms in total. The lowest BCUT2D eigenvalue weighted by atomic mass is 10.1. The van der Waals surface area contributed by atoms with E-state index >= 15 is 0 Å². The summed E-state index contributed by atoms with van der Waals surface area (Å²) in [6.07, 6.45) is 9.88. The van der Waals surface area contributed by atoms with E-state index in [0.717, 1.165) is 6.42 Å². The van der Waals surface area contributed by atoms with Crippen LogP contribution in [0.25, 0.3) is 0 Å². The zero-order valence-corrected chi connectivity index (χ0v) is 8.82. The van der Waals surface area contributed by atoms with Crippen molar-refractivity contribution in [3.8, 4) is 0 Å². The Labute approximate surface area is 77.4 Å². The molecule has 0 fully saturated rings. The van der Waals surface area contributed by atoms with Crippen LogP contribution in [0.3, 0.4) is 0 Å². The van der Waals surface area contributed by atoms with Crippen LogP contribution in [0.15, 0.2) is 17.4 Å². The van der Waals surface area contributed by atoms with Gasteiger partial charge in [-0.3, -0.25) is 0 Å². The van der Waals surface area contributed by atoms with Crippen molar-refractivity contribution in [3.63, 3.8) is 0 Å². The lowest BCUT2D eigenvalue weighted by Crippen LogP contribution is -1.81. The molecule has 12 heavy (non-hydrogen) atoms. The van der Waals surface area contributed by atoms with Crippen molar-refractivity contribution in [1.82, 2.24) is 0 Å². The lowest BCUT2D eigenvalue weighted by molar-refractivity contribution is 0.658. The van der Waals surface area contributed by atoms with Gasteiger partial charge in [0.2, 0.25) is 0 Å². The van der Waals surface area contributed by atoms with E-state index in [9.17, 15) is 0 Å². The molecule has 0 rings (SSSR count).